The molecule has 124 valence electrons. The van der Waals surface area contributed by atoms with E-state index in [0.29, 0.717) is 17.5 Å². The van der Waals surface area contributed by atoms with E-state index in [1.165, 1.54) is 16.6 Å². The van der Waals surface area contributed by atoms with Crippen LogP contribution in [0.3, 0.4) is 0 Å². The number of tetrazole rings is 1. The molecule has 6 nitrogen and oxygen atoms in total. The Bertz CT molecular complexity index is 773. The second kappa shape index (κ2) is 8.07. The van der Waals surface area contributed by atoms with Gasteiger partial charge in [-0.15, -0.1) is 16.4 Å². The predicted octanol–water partition coefficient (Wildman–Crippen LogP) is 2.73. The molecule has 0 spiro atoms. The van der Waals surface area contributed by atoms with Gasteiger partial charge in [-0.3, -0.25) is 4.79 Å². The summed E-state index contributed by atoms with van der Waals surface area (Å²) in [5, 5.41) is 14.5. The van der Waals surface area contributed by atoms with Crippen molar-refractivity contribution in [3.63, 3.8) is 0 Å². The quantitative estimate of drug-likeness (QED) is 0.607. The molecule has 0 aliphatic rings. The van der Waals surface area contributed by atoms with Crippen molar-refractivity contribution in [1.82, 2.24) is 20.2 Å². The van der Waals surface area contributed by atoms with E-state index in [4.69, 9.17) is 0 Å². The maximum absolute atomic E-state index is 12.3. The Hall–Kier alpha value is -2.19. The average Bonchev–Trinajstić information content (AvgIpc) is 3.29. The van der Waals surface area contributed by atoms with Gasteiger partial charge in [-0.25, -0.2) is 4.68 Å². The smallest absolute Gasteiger partial charge is 0.237 e. The van der Waals surface area contributed by atoms with Crippen LogP contribution in [0.4, 0.5) is 5.69 Å². The van der Waals surface area contributed by atoms with E-state index in [2.05, 4.69) is 27.0 Å². The monoisotopic (exact) mass is 359 g/mol. The number of amides is 1. The van der Waals surface area contributed by atoms with Gasteiger partial charge in [0.15, 0.2) is 0 Å². The van der Waals surface area contributed by atoms with Gasteiger partial charge in [-0.2, -0.15) is 0 Å². The Morgan fingerprint density at radius 1 is 1.25 bits per heavy atom. The molecule has 0 aliphatic heterocycles. The van der Waals surface area contributed by atoms with Crippen LogP contribution in [0, 0.1) is 0 Å². The largest absolute Gasteiger partial charge is 0.315 e. The zero-order valence-corrected chi connectivity index (χ0v) is 14.8. The minimum atomic E-state index is 0.0130. The lowest BCUT2D eigenvalue weighted by molar-refractivity contribution is -0.115. The number of thiophene rings is 1. The molecule has 1 amide bonds. The molecule has 3 rings (SSSR count). The summed E-state index contributed by atoms with van der Waals surface area (Å²) < 4.78 is 1.75. The van der Waals surface area contributed by atoms with Crippen molar-refractivity contribution in [2.24, 2.45) is 0 Å². The van der Waals surface area contributed by atoms with Crippen molar-refractivity contribution in [2.75, 3.05) is 17.7 Å². The molecule has 0 saturated heterocycles. The Labute approximate surface area is 148 Å². The number of carbonyl (C=O) groups excluding carboxylic acids is 1. The Kier molecular flexibility index (Phi) is 5.60. The summed E-state index contributed by atoms with van der Waals surface area (Å²) in [6.07, 6.45) is 0.883. The number of benzene rings is 1. The molecule has 1 aromatic carbocycles. The summed E-state index contributed by atoms with van der Waals surface area (Å²) in [5.74, 6) is 0.309. The van der Waals surface area contributed by atoms with Crippen molar-refractivity contribution in [3.05, 3.63) is 52.7 Å². The van der Waals surface area contributed by atoms with Crippen molar-refractivity contribution >= 4 is 34.7 Å². The molecule has 3 aromatic rings. The highest BCUT2D eigenvalue weighted by atomic mass is 32.2. The molecule has 0 bridgehead atoms. The summed E-state index contributed by atoms with van der Waals surface area (Å²) in [5.41, 5.74) is 0.875. The minimum Gasteiger partial charge on any atom is -0.315 e. The second-order valence-corrected chi connectivity index (χ2v) is 7.07. The number of thioether (sulfide) groups is 1. The number of aromatic nitrogens is 4. The molecule has 2 heterocycles. The summed E-state index contributed by atoms with van der Waals surface area (Å²) in [6.45, 7) is 0.707. The fraction of sp³-hybridized carbons (Fsp3) is 0.250. The van der Waals surface area contributed by atoms with Gasteiger partial charge in [0.05, 0.1) is 12.3 Å². The molecule has 0 aliphatic carbocycles. The molecule has 2 aromatic heterocycles. The van der Waals surface area contributed by atoms with Crippen molar-refractivity contribution in [2.45, 2.75) is 18.1 Å². The zero-order chi connectivity index (χ0) is 16.8. The first-order chi connectivity index (χ1) is 11.7. The predicted molar refractivity (Wildman–Crippen MR) is 96.4 cm³/mol. The van der Waals surface area contributed by atoms with E-state index >= 15 is 0 Å². The van der Waals surface area contributed by atoms with Gasteiger partial charge in [-0.1, -0.05) is 36.0 Å². The SMILES string of the molecule is CN(C(=O)CSc1nnnn1CCc1cccs1)c1ccccc1. The number of hydrogen-bond acceptors (Lipinski definition) is 6. The topological polar surface area (TPSA) is 63.9 Å². The van der Waals surface area contributed by atoms with Gasteiger partial charge in [0, 0.05) is 24.0 Å². The Morgan fingerprint density at radius 3 is 2.83 bits per heavy atom. The molecule has 24 heavy (non-hydrogen) atoms. The number of hydrogen-bond donors (Lipinski definition) is 0. The number of carbonyl (C=O) groups is 1. The lowest BCUT2D eigenvalue weighted by Crippen LogP contribution is -2.28. The van der Waals surface area contributed by atoms with Crippen molar-refractivity contribution < 1.29 is 4.79 Å². The fourth-order valence-electron chi connectivity index (χ4n) is 2.13. The lowest BCUT2D eigenvalue weighted by atomic mass is 10.3. The van der Waals surface area contributed by atoms with Crippen molar-refractivity contribution in [1.29, 1.82) is 0 Å². The van der Waals surface area contributed by atoms with Gasteiger partial charge in [0.1, 0.15) is 0 Å². The highest BCUT2D eigenvalue weighted by Gasteiger charge is 2.14. The molecule has 0 atom stereocenters. The summed E-state index contributed by atoms with van der Waals surface area (Å²) >= 11 is 3.08. The molecule has 0 saturated carbocycles. The average molecular weight is 359 g/mol. The molecule has 8 heteroatoms. The van der Waals surface area contributed by atoms with Gasteiger partial charge in [0.25, 0.3) is 0 Å². The third-order valence-electron chi connectivity index (χ3n) is 3.49. The Morgan fingerprint density at radius 2 is 2.08 bits per heavy atom. The normalized spacial score (nSPS) is 10.7. The van der Waals surface area contributed by atoms with E-state index in [0.717, 1.165) is 12.1 Å². The van der Waals surface area contributed by atoms with Crippen LogP contribution in [0.5, 0.6) is 0 Å². The number of anilines is 1. The number of rotatable bonds is 7. The van der Waals surface area contributed by atoms with Crippen LogP contribution in [0.15, 0.2) is 53.0 Å². The molecular weight excluding hydrogens is 342 g/mol. The van der Waals surface area contributed by atoms with Gasteiger partial charge in [-0.05, 0) is 34.0 Å². The molecular formula is C16H17N5OS2. The summed E-state index contributed by atoms with van der Waals surface area (Å²) in [4.78, 5) is 15.3. The second-order valence-electron chi connectivity index (χ2n) is 5.09. The molecule has 0 radical (unpaired) electrons. The van der Waals surface area contributed by atoms with Crippen LogP contribution in [0.25, 0.3) is 0 Å². The van der Waals surface area contributed by atoms with E-state index in [1.807, 2.05) is 36.4 Å². The first-order valence-corrected chi connectivity index (χ1v) is 9.33. The van der Waals surface area contributed by atoms with Crippen LogP contribution < -0.4 is 4.90 Å². The van der Waals surface area contributed by atoms with Crippen LogP contribution in [0.2, 0.25) is 0 Å². The molecule has 0 fully saturated rings. The first kappa shape index (κ1) is 16.7. The van der Waals surface area contributed by atoms with Gasteiger partial charge < -0.3 is 4.90 Å². The fourth-order valence-corrected chi connectivity index (χ4v) is 3.65. The third-order valence-corrected chi connectivity index (χ3v) is 5.37. The maximum atomic E-state index is 12.3. The maximum Gasteiger partial charge on any atom is 0.237 e. The highest BCUT2D eigenvalue weighted by molar-refractivity contribution is 7.99. The van der Waals surface area contributed by atoms with Crippen LogP contribution in [0.1, 0.15) is 4.88 Å². The van der Waals surface area contributed by atoms with Crippen LogP contribution in [-0.4, -0.2) is 38.9 Å². The van der Waals surface area contributed by atoms with Gasteiger partial charge >= 0.3 is 0 Å². The van der Waals surface area contributed by atoms with E-state index in [1.54, 1.807) is 28.0 Å². The zero-order valence-electron chi connectivity index (χ0n) is 13.2. The number of para-hydroxylation sites is 1. The van der Waals surface area contributed by atoms with Crippen LogP contribution >= 0.6 is 23.1 Å². The Balaban J connectivity index is 1.55. The van der Waals surface area contributed by atoms with E-state index in [-0.39, 0.29) is 5.91 Å². The minimum absolute atomic E-state index is 0.0130. The number of nitrogens with zero attached hydrogens (tertiary/aromatic N) is 5. The van der Waals surface area contributed by atoms with Gasteiger partial charge in [0.2, 0.25) is 11.1 Å². The highest BCUT2D eigenvalue weighted by Crippen LogP contribution is 2.18. The van der Waals surface area contributed by atoms with Crippen LogP contribution in [-0.2, 0) is 17.8 Å². The number of aryl methyl sites for hydroxylation is 2. The van der Waals surface area contributed by atoms with E-state index < -0.39 is 0 Å². The lowest BCUT2D eigenvalue weighted by Gasteiger charge is -2.16. The first-order valence-electron chi connectivity index (χ1n) is 7.47. The summed E-state index contributed by atoms with van der Waals surface area (Å²) in [7, 11) is 1.78. The third kappa shape index (κ3) is 4.21. The molecule has 0 N–H and O–H groups in total. The summed E-state index contributed by atoms with van der Waals surface area (Å²) in [6, 6.07) is 13.7. The van der Waals surface area contributed by atoms with E-state index in [9.17, 15) is 4.79 Å². The van der Waals surface area contributed by atoms with Crippen molar-refractivity contribution in [3.8, 4) is 0 Å². The molecule has 0 unspecified atom stereocenters. The standard InChI is InChI=1S/C16H17N5OS2/c1-20(13-6-3-2-4-7-13)15(22)12-24-16-17-18-19-21(16)10-9-14-8-5-11-23-14/h2-8,11H,9-10,12H2,1H3.